The predicted octanol–water partition coefficient (Wildman–Crippen LogP) is 5.06. The second-order valence-electron chi connectivity index (χ2n) is 8.78. The van der Waals surface area contributed by atoms with Crippen molar-refractivity contribution >= 4 is 11.0 Å². The molecule has 1 aliphatic rings. The predicted molar refractivity (Wildman–Crippen MR) is 113 cm³/mol. The lowest BCUT2D eigenvalue weighted by Gasteiger charge is -2.37. The highest BCUT2D eigenvalue weighted by molar-refractivity contribution is 5.79. The molecular weight excluding hydrogens is 383 g/mol. The third-order valence-electron chi connectivity index (χ3n) is 5.70. The van der Waals surface area contributed by atoms with Crippen LogP contribution in [-0.2, 0) is 0 Å². The summed E-state index contributed by atoms with van der Waals surface area (Å²) in [6.07, 6.45) is 2.02. The Morgan fingerprint density at radius 2 is 2.07 bits per heavy atom. The highest BCUT2D eigenvalue weighted by Crippen LogP contribution is 2.34. The topological polar surface area (TPSA) is 47.7 Å². The zero-order valence-corrected chi connectivity index (χ0v) is 17.8. The fraction of sp³-hybridized carbons (Fsp3) is 0.458. The normalized spacial score (nSPS) is 16.1. The molecule has 0 amide bonds. The van der Waals surface area contributed by atoms with Crippen LogP contribution in [0.4, 0.5) is 4.39 Å². The van der Waals surface area contributed by atoms with Crippen molar-refractivity contribution in [3.05, 3.63) is 54.0 Å². The maximum atomic E-state index is 13.4. The number of nitrogens with zero attached hydrogens (tertiary/aromatic N) is 2. The van der Waals surface area contributed by atoms with Gasteiger partial charge in [-0.05, 0) is 44.1 Å². The van der Waals surface area contributed by atoms with Crippen molar-refractivity contribution in [2.24, 2.45) is 5.41 Å². The molecule has 159 valence electrons. The molecule has 0 bridgehead atoms. The fourth-order valence-corrected chi connectivity index (χ4v) is 4.19. The fourth-order valence-electron chi connectivity index (χ4n) is 4.19. The van der Waals surface area contributed by atoms with Gasteiger partial charge < -0.3 is 18.9 Å². The molecule has 1 radical (unpaired) electrons. The van der Waals surface area contributed by atoms with E-state index < -0.39 is 0 Å². The molecule has 3 aromatic rings. The molecule has 0 unspecified atom stereocenters. The van der Waals surface area contributed by atoms with Crippen LogP contribution in [0, 0.1) is 17.3 Å². The van der Waals surface area contributed by atoms with Crippen LogP contribution in [0.5, 0.6) is 11.5 Å². The average Bonchev–Trinajstić information content (AvgIpc) is 3.16. The van der Waals surface area contributed by atoms with Gasteiger partial charge in [0.25, 0.3) is 0 Å². The second-order valence-corrected chi connectivity index (χ2v) is 8.78. The zero-order valence-electron chi connectivity index (χ0n) is 17.8. The van der Waals surface area contributed by atoms with Gasteiger partial charge in [-0.1, -0.05) is 31.1 Å². The number of likely N-dealkylation sites (tertiary alicyclic amines) is 1. The van der Waals surface area contributed by atoms with Crippen LogP contribution in [0.2, 0.25) is 0 Å². The maximum absolute atomic E-state index is 13.4. The first-order valence-corrected chi connectivity index (χ1v) is 10.4. The van der Waals surface area contributed by atoms with Crippen LogP contribution >= 0.6 is 0 Å². The standard InChI is InChI=1S/C24H28FN2O3/c1-24(2,16-29-21-7-5-4-6-20(21)28-3)15-27-12-10-17(11-13-27)23-19-9-8-18(25)14-22(19)30-26-23/h4-6,8-9,14,17H,10-13,15-16H2,1-3H3. The molecule has 4 rings (SSSR count). The Morgan fingerprint density at radius 1 is 1.27 bits per heavy atom. The van der Waals surface area contributed by atoms with E-state index in [4.69, 9.17) is 14.0 Å². The van der Waals surface area contributed by atoms with E-state index in [1.165, 1.54) is 12.1 Å². The van der Waals surface area contributed by atoms with Crippen LogP contribution in [0.15, 0.2) is 40.9 Å². The number of hydrogen-bond donors (Lipinski definition) is 0. The number of methoxy groups -OCH3 is 1. The number of hydrogen-bond acceptors (Lipinski definition) is 5. The van der Waals surface area contributed by atoms with Gasteiger partial charge in [0.1, 0.15) is 5.82 Å². The zero-order chi connectivity index (χ0) is 21.1. The molecule has 0 aliphatic carbocycles. The van der Waals surface area contributed by atoms with Crippen LogP contribution < -0.4 is 9.47 Å². The third-order valence-corrected chi connectivity index (χ3v) is 5.70. The molecule has 0 saturated carbocycles. The van der Waals surface area contributed by atoms with Crippen LogP contribution in [0.25, 0.3) is 11.0 Å². The molecule has 1 aliphatic heterocycles. The van der Waals surface area contributed by atoms with Gasteiger partial charge >= 0.3 is 0 Å². The number of ether oxygens (including phenoxy) is 2. The summed E-state index contributed by atoms with van der Waals surface area (Å²) in [6, 6.07) is 13.4. The minimum absolute atomic E-state index is 0.0142. The summed E-state index contributed by atoms with van der Waals surface area (Å²) in [5.41, 5.74) is 1.47. The van der Waals surface area contributed by atoms with Gasteiger partial charge in [0.2, 0.25) is 0 Å². The van der Waals surface area contributed by atoms with E-state index in [2.05, 4.69) is 30.0 Å². The van der Waals surface area contributed by atoms with Crippen molar-refractivity contribution in [3.8, 4) is 11.5 Å². The first-order chi connectivity index (χ1) is 14.4. The summed E-state index contributed by atoms with van der Waals surface area (Å²) in [5.74, 6) is 1.40. The first-order valence-electron chi connectivity index (χ1n) is 10.4. The van der Waals surface area contributed by atoms with Crippen LogP contribution in [-0.4, -0.2) is 43.4 Å². The second kappa shape index (κ2) is 8.64. The third kappa shape index (κ3) is 4.59. The van der Waals surface area contributed by atoms with Gasteiger partial charge in [-0.2, -0.15) is 0 Å². The molecule has 0 atom stereocenters. The largest absolute Gasteiger partial charge is 0.493 e. The van der Waals surface area contributed by atoms with Crippen molar-refractivity contribution in [2.75, 3.05) is 33.4 Å². The number of benzene rings is 2. The van der Waals surface area contributed by atoms with Crippen LogP contribution in [0.1, 0.15) is 38.3 Å². The van der Waals surface area contributed by atoms with Gasteiger partial charge in [0, 0.05) is 35.4 Å². The summed E-state index contributed by atoms with van der Waals surface area (Å²) in [5, 5.41) is 5.17. The highest BCUT2D eigenvalue weighted by atomic mass is 19.1. The molecule has 2 heterocycles. The Hall–Kier alpha value is -2.60. The lowest BCUT2D eigenvalue weighted by atomic mass is 9.88. The minimum atomic E-state index is -0.296. The molecule has 5 nitrogen and oxygen atoms in total. The number of rotatable bonds is 7. The van der Waals surface area contributed by atoms with E-state index in [1.807, 2.05) is 18.2 Å². The number of para-hydroxylation sites is 1. The van der Waals surface area contributed by atoms with E-state index in [0.717, 1.165) is 43.6 Å². The van der Waals surface area contributed by atoms with E-state index in [0.29, 0.717) is 29.6 Å². The molecule has 1 aromatic heterocycles. The molecular formula is C24H28FN2O3. The lowest BCUT2D eigenvalue weighted by Crippen LogP contribution is -2.41. The van der Waals surface area contributed by atoms with E-state index in [-0.39, 0.29) is 11.2 Å². The molecule has 1 saturated heterocycles. The first kappa shape index (κ1) is 20.7. The van der Waals surface area contributed by atoms with E-state index in [1.54, 1.807) is 13.2 Å². The smallest absolute Gasteiger partial charge is 0.170 e. The number of halogens is 1. The summed E-state index contributed by atoms with van der Waals surface area (Å²) in [4.78, 5) is 2.48. The molecule has 30 heavy (non-hydrogen) atoms. The van der Waals surface area contributed by atoms with Crippen molar-refractivity contribution in [2.45, 2.75) is 32.6 Å². The Kier molecular flexibility index (Phi) is 5.95. The highest BCUT2D eigenvalue weighted by Gasteiger charge is 2.29. The van der Waals surface area contributed by atoms with Gasteiger partial charge in [-0.3, -0.25) is 0 Å². The van der Waals surface area contributed by atoms with Crippen molar-refractivity contribution in [1.29, 1.82) is 0 Å². The summed E-state index contributed by atoms with van der Waals surface area (Å²) in [6.45, 7) is 7.94. The van der Waals surface area contributed by atoms with Gasteiger partial charge in [0.05, 0.1) is 19.4 Å². The minimum Gasteiger partial charge on any atom is -0.493 e. The quantitative estimate of drug-likeness (QED) is 0.544. The summed E-state index contributed by atoms with van der Waals surface area (Å²) in [7, 11) is 1.64. The monoisotopic (exact) mass is 411 g/mol. The Balaban J connectivity index is 1.32. The SMILES string of the molecule is COc1ccc[c]c1OCC(C)(C)CN1CCC(c2noc3cc(F)ccc23)CC1. The van der Waals surface area contributed by atoms with Crippen molar-refractivity contribution < 1.29 is 18.4 Å². The van der Waals surface area contributed by atoms with E-state index in [9.17, 15) is 4.39 Å². The molecule has 2 aromatic carbocycles. The number of fused-ring (bicyclic) bond motifs is 1. The summed E-state index contributed by atoms with van der Waals surface area (Å²) < 4.78 is 30.1. The summed E-state index contributed by atoms with van der Waals surface area (Å²) >= 11 is 0. The number of aromatic nitrogens is 1. The van der Waals surface area contributed by atoms with Crippen LogP contribution in [0.3, 0.4) is 0 Å². The molecule has 6 heteroatoms. The Labute approximate surface area is 176 Å². The van der Waals surface area contributed by atoms with Crippen molar-refractivity contribution in [1.82, 2.24) is 10.1 Å². The Morgan fingerprint density at radius 3 is 2.83 bits per heavy atom. The number of piperidine rings is 1. The lowest BCUT2D eigenvalue weighted by molar-refractivity contribution is 0.0967. The van der Waals surface area contributed by atoms with Gasteiger partial charge in [-0.15, -0.1) is 0 Å². The van der Waals surface area contributed by atoms with Gasteiger partial charge in [0.15, 0.2) is 17.1 Å². The van der Waals surface area contributed by atoms with Crippen molar-refractivity contribution in [3.63, 3.8) is 0 Å². The van der Waals surface area contributed by atoms with E-state index >= 15 is 0 Å². The maximum Gasteiger partial charge on any atom is 0.170 e. The molecule has 1 fully saturated rings. The molecule has 0 N–H and O–H groups in total. The average molecular weight is 411 g/mol. The molecule has 0 spiro atoms. The van der Waals surface area contributed by atoms with Gasteiger partial charge in [-0.25, -0.2) is 4.39 Å². The Bertz CT molecular complexity index is 993.